The zero-order valence-corrected chi connectivity index (χ0v) is 12.9. The predicted molar refractivity (Wildman–Crippen MR) is 86.7 cm³/mol. The zero-order chi connectivity index (χ0) is 15.5. The predicted octanol–water partition coefficient (Wildman–Crippen LogP) is 3.17. The fourth-order valence-electron chi connectivity index (χ4n) is 2.75. The first-order chi connectivity index (χ1) is 10.6. The highest BCUT2D eigenvalue weighted by atomic mass is 16.2. The van der Waals surface area contributed by atoms with Gasteiger partial charge in [-0.2, -0.15) is 4.98 Å². The summed E-state index contributed by atoms with van der Waals surface area (Å²) >= 11 is 0. The Balaban J connectivity index is 1.78. The van der Waals surface area contributed by atoms with E-state index in [1.54, 1.807) is 17.2 Å². The van der Waals surface area contributed by atoms with E-state index in [2.05, 4.69) is 34.3 Å². The number of hydrogen-bond acceptors (Lipinski definition) is 4. The maximum Gasteiger partial charge on any atom is 0.228 e. The van der Waals surface area contributed by atoms with Crippen LogP contribution in [0.1, 0.15) is 38.3 Å². The van der Waals surface area contributed by atoms with E-state index >= 15 is 0 Å². The summed E-state index contributed by atoms with van der Waals surface area (Å²) in [6, 6.07) is 12.2. The van der Waals surface area contributed by atoms with E-state index in [1.165, 1.54) is 5.56 Å². The first-order valence-corrected chi connectivity index (χ1v) is 7.62. The van der Waals surface area contributed by atoms with E-state index in [4.69, 9.17) is 0 Å². The van der Waals surface area contributed by atoms with Gasteiger partial charge < -0.3 is 5.32 Å². The van der Waals surface area contributed by atoms with Crippen molar-refractivity contribution in [1.82, 2.24) is 9.97 Å². The molecule has 2 atom stereocenters. The van der Waals surface area contributed by atoms with Crippen molar-refractivity contribution in [3.05, 3.63) is 48.2 Å². The molecule has 1 saturated heterocycles. The maximum absolute atomic E-state index is 12.0. The van der Waals surface area contributed by atoms with Crippen LogP contribution < -0.4 is 10.2 Å². The Bertz CT molecular complexity index is 659. The highest BCUT2D eigenvalue weighted by molar-refractivity contribution is 5.95. The van der Waals surface area contributed by atoms with E-state index in [1.807, 2.05) is 25.1 Å². The lowest BCUT2D eigenvalue weighted by Crippen LogP contribution is -2.31. The van der Waals surface area contributed by atoms with Crippen LogP contribution in [-0.2, 0) is 4.79 Å². The molecule has 1 N–H and O–H groups in total. The van der Waals surface area contributed by atoms with Gasteiger partial charge in [-0.1, -0.05) is 30.3 Å². The van der Waals surface area contributed by atoms with Crippen molar-refractivity contribution in [2.75, 3.05) is 10.2 Å². The van der Waals surface area contributed by atoms with E-state index in [0.29, 0.717) is 18.2 Å². The van der Waals surface area contributed by atoms with Gasteiger partial charge >= 0.3 is 0 Å². The van der Waals surface area contributed by atoms with Crippen molar-refractivity contribution >= 4 is 17.7 Å². The van der Waals surface area contributed by atoms with Crippen molar-refractivity contribution in [3.63, 3.8) is 0 Å². The van der Waals surface area contributed by atoms with Gasteiger partial charge in [0.15, 0.2) is 0 Å². The lowest BCUT2D eigenvalue weighted by Gasteiger charge is -2.21. The number of carbonyl (C=O) groups is 1. The zero-order valence-electron chi connectivity index (χ0n) is 12.9. The summed E-state index contributed by atoms with van der Waals surface area (Å²) in [6.45, 7) is 4.11. The third-order valence-corrected chi connectivity index (χ3v) is 4.02. The molecule has 1 amide bonds. The maximum atomic E-state index is 12.0. The molecule has 5 nitrogen and oxygen atoms in total. The van der Waals surface area contributed by atoms with Crippen LogP contribution in [0.4, 0.5) is 11.8 Å². The Kier molecular flexibility index (Phi) is 4.04. The first-order valence-electron chi connectivity index (χ1n) is 7.62. The van der Waals surface area contributed by atoms with Crippen LogP contribution in [-0.4, -0.2) is 21.9 Å². The molecule has 22 heavy (non-hydrogen) atoms. The third kappa shape index (κ3) is 2.93. The van der Waals surface area contributed by atoms with Crippen LogP contribution in [0.3, 0.4) is 0 Å². The third-order valence-electron chi connectivity index (χ3n) is 4.02. The summed E-state index contributed by atoms with van der Waals surface area (Å²) in [5.74, 6) is 1.35. The van der Waals surface area contributed by atoms with Gasteiger partial charge in [0.25, 0.3) is 0 Å². The number of anilines is 2. The normalized spacial score (nSPS) is 19.3. The smallest absolute Gasteiger partial charge is 0.228 e. The van der Waals surface area contributed by atoms with Gasteiger partial charge in [0.05, 0.1) is 6.04 Å². The molecule has 1 aromatic carbocycles. The molecule has 0 aliphatic carbocycles. The number of carbonyl (C=O) groups excluding carboxylic acids is 1. The second kappa shape index (κ2) is 6.13. The van der Waals surface area contributed by atoms with E-state index in [-0.39, 0.29) is 18.0 Å². The van der Waals surface area contributed by atoms with Crippen molar-refractivity contribution in [1.29, 1.82) is 0 Å². The number of benzene rings is 1. The summed E-state index contributed by atoms with van der Waals surface area (Å²) in [6.07, 6.45) is 3.17. The Morgan fingerprint density at radius 3 is 2.73 bits per heavy atom. The van der Waals surface area contributed by atoms with Crippen LogP contribution in [0.25, 0.3) is 0 Å². The fraction of sp³-hybridized carbons (Fsp3) is 0.353. The topological polar surface area (TPSA) is 58.1 Å². The molecule has 1 aromatic heterocycles. The summed E-state index contributed by atoms with van der Waals surface area (Å²) in [5.41, 5.74) is 1.17. The second-order valence-corrected chi connectivity index (χ2v) is 5.67. The quantitative estimate of drug-likeness (QED) is 0.941. The van der Waals surface area contributed by atoms with Crippen molar-refractivity contribution < 1.29 is 4.79 Å². The largest absolute Gasteiger partial charge is 0.348 e. The molecule has 1 fully saturated rings. The van der Waals surface area contributed by atoms with Gasteiger partial charge in [0, 0.05) is 18.7 Å². The molecule has 0 spiro atoms. The Labute approximate surface area is 130 Å². The van der Waals surface area contributed by atoms with Crippen molar-refractivity contribution in [3.8, 4) is 0 Å². The Hall–Kier alpha value is -2.43. The van der Waals surface area contributed by atoms with Crippen LogP contribution >= 0.6 is 0 Å². The Morgan fingerprint density at radius 1 is 1.27 bits per heavy atom. The second-order valence-electron chi connectivity index (χ2n) is 5.67. The van der Waals surface area contributed by atoms with E-state index < -0.39 is 0 Å². The van der Waals surface area contributed by atoms with Crippen molar-refractivity contribution in [2.24, 2.45) is 0 Å². The summed E-state index contributed by atoms with van der Waals surface area (Å²) in [5, 5.41) is 3.29. The fourth-order valence-corrected chi connectivity index (χ4v) is 2.75. The average Bonchev–Trinajstić information content (AvgIpc) is 2.87. The molecule has 0 bridgehead atoms. The number of amides is 1. The minimum absolute atomic E-state index is 0.100. The average molecular weight is 296 g/mol. The van der Waals surface area contributed by atoms with Gasteiger partial charge in [-0.25, -0.2) is 4.98 Å². The minimum atomic E-state index is 0.100. The van der Waals surface area contributed by atoms with Crippen LogP contribution in [0.5, 0.6) is 0 Å². The highest BCUT2D eigenvalue weighted by Crippen LogP contribution is 2.25. The molecule has 0 radical (unpaired) electrons. The molecular weight excluding hydrogens is 276 g/mol. The van der Waals surface area contributed by atoms with Gasteiger partial charge in [-0.3, -0.25) is 9.69 Å². The lowest BCUT2D eigenvalue weighted by atomic mass is 10.1. The first kappa shape index (κ1) is 14.5. The molecule has 2 heterocycles. The molecule has 0 saturated carbocycles. The van der Waals surface area contributed by atoms with Crippen molar-refractivity contribution in [2.45, 2.75) is 38.8 Å². The molecule has 0 unspecified atom stereocenters. The van der Waals surface area contributed by atoms with Gasteiger partial charge in [-0.05, 0) is 31.9 Å². The number of nitrogens with one attached hydrogen (secondary N) is 1. The van der Waals surface area contributed by atoms with Gasteiger partial charge in [-0.15, -0.1) is 0 Å². The molecule has 5 heteroatoms. The number of nitrogens with zero attached hydrogens (tertiary/aromatic N) is 3. The number of hydrogen-bond donors (Lipinski definition) is 1. The van der Waals surface area contributed by atoms with Crippen LogP contribution in [0, 0.1) is 0 Å². The Morgan fingerprint density at radius 2 is 2.05 bits per heavy atom. The summed E-state index contributed by atoms with van der Waals surface area (Å²) in [7, 11) is 0. The highest BCUT2D eigenvalue weighted by Gasteiger charge is 2.29. The SMILES string of the molecule is C[C@H](Nc1nccc(N2C(=O)CC[C@H]2C)n1)c1ccccc1. The lowest BCUT2D eigenvalue weighted by molar-refractivity contribution is -0.117. The standard InChI is InChI=1S/C17H20N4O/c1-12-8-9-16(22)21(12)15-10-11-18-17(20-15)19-13(2)14-6-4-3-5-7-14/h3-7,10-13H,8-9H2,1-2H3,(H,18,19,20)/t12-,13+/m1/s1. The van der Waals surface area contributed by atoms with E-state index in [0.717, 1.165) is 6.42 Å². The molecule has 1 aliphatic rings. The van der Waals surface area contributed by atoms with Gasteiger partial charge in [0.1, 0.15) is 5.82 Å². The summed E-state index contributed by atoms with van der Waals surface area (Å²) in [4.78, 5) is 22.5. The molecule has 3 rings (SSSR count). The number of rotatable bonds is 4. The minimum Gasteiger partial charge on any atom is -0.348 e. The number of aromatic nitrogens is 2. The van der Waals surface area contributed by atoms with Gasteiger partial charge in [0.2, 0.25) is 11.9 Å². The molecule has 2 aromatic rings. The van der Waals surface area contributed by atoms with E-state index in [9.17, 15) is 4.79 Å². The monoisotopic (exact) mass is 296 g/mol. The molecule has 114 valence electrons. The summed E-state index contributed by atoms with van der Waals surface area (Å²) < 4.78 is 0. The molecular formula is C17H20N4O. The van der Waals surface area contributed by atoms with Crippen LogP contribution in [0.2, 0.25) is 0 Å². The van der Waals surface area contributed by atoms with Crippen LogP contribution in [0.15, 0.2) is 42.6 Å². The molecule has 1 aliphatic heterocycles.